The van der Waals surface area contributed by atoms with Crippen LogP contribution in [0.15, 0.2) is 11.6 Å². The van der Waals surface area contributed by atoms with Crippen LogP contribution >= 0.6 is 0 Å². The van der Waals surface area contributed by atoms with Crippen LogP contribution in [0.2, 0.25) is 0 Å². The third-order valence-corrected chi connectivity index (χ3v) is 3.52. The average Bonchev–Trinajstić information content (AvgIpc) is 2.51. The molecule has 1 aliphatic rings. The minimum absolute atomic E-state index is 0.361. The van der Waals surface area contributed by atoms with Gasteiger partial charge in [0.25, 0.3) is 0 Å². The molecule has 0 bridgehead atoms. The van der Waals surface area contributed by atoms with Crippen molar-refractivity contribution >= 4 is 5.97 Å². The first-order valence-electron chi connectivity index (χ1n) is 5.72. The smallest absolute Gasteiger partial charge is 0.330 e. The third-order valence-electron chi connectivity index (χ3n) is 3.52. The predicted octanol–water partition coefficient (Wildman–Crippen LogP) is 3.48. The Labute approximate surface area is 92.4 Å². The Morgan fingerprint density at radius 3 is 2.33 bits per heavy atom. The van der Waals surface area contributed by atoms with Crippen LogP contribution in [-0.4, -0.2) is 11.1 Å². The fourth-order valence-corrected chi connectivity index (χ4v) is 2.38. The molecule has 15 heavy (non-hydrogen) atoms. The van der Waals surface area contributed by atoms with Crippen molar-refractivity contribution in [1.29, 1.82) is 0 Å². The summed E-state index contributed by atoms with van der Waals surface area (Å²) in [5.74, 6) is 0.430. The first-order valence-corrected chi connectivity index (χ1v) is 5.72. The van der Waals surface area contributed by atoms with E-state index in [0.717, 1.165) is 18.8 Å². The van der Waals surface area contributed by atoms with Gasteiger partial charge in [0, 0.05) is 5.57 Å². The van der Waals surface area contributed by atoms with E-state index >= 15 is 0 Å². The van der Waals surface area contributed by atoms with Gasteiger partial charge in [-0.15, -0.1) is 0 Å². The first kappa shape index (κ1) is 12.3. The van der Waals surface area contributed by atoms with Crippen LogP contribution < -0.4 is 0 Å². The monoisotopic (exact) mass is 210 g/mol. The zero-order chi connectivity index (χ0) is 11.6. The van der Waals surface area contributed by atoms with Crippen molar-refractivity contribution in [1.82, 2.24) is 0 Å². The maximum absolute atomic E-state index is 10.7. The van der Waals surface area contributed by atoms with E-state index in [9.17, 15) is 4.79 Å². The molecule has 1 aliphatic carbocycles. The van der Waals surface area contributed by atoms with E-state index in [1.807, 2.05) is 6.08 Å². The molecule has 86 valence electrons. The summed E-state index contributed by atoms with van der Waals surface area (Å²) in [5.41, 5.74) is 0.856. The topological polar surface area (TPSA) is 37.3 Å². The van der Waals surface area contributed by atoms with Gasteiger partial charge in [0.05, 0.1) is 0 Å². The van der Waals surface area contributed by atoms with Crippen LogP contribution in [0, 0.1) is 17.3 Å². The number of carbonyl (C=O) groups is 1. The Morgan fingerprint density at radius 2 is 1.93 bits per heavy atom. The van der Waals surface area contributed by atoms with Crippen molar-refractivity contribution < 1.29 is 9.90 Å². The fourth-order valence-electron chi connectivity index (χ4n) is 2.38. The molecule has 0 saturated heterocycles. The lowest BCUT2D eigenvalue weighted by Gasteiger charge is -2.26. The number of carboxylic acid groups (broad SMARTS) is 1. The van der Waals surface area contributed by atoms with Gasteiger partial charge in [-0.05, 0) is 43.4 Å². The molecule has 0 aromatic carbocycles. The second kappa shape index (κ2) is 4.38. The molecule has 0 radical (unpaired) electrons. The normalized spacial score (nSPS) is 28.1. The molecule has 0 aliphatic heterocycles. The molecular formula is C13H22O2. The minimum Gasteiger partial charge on any atom is -0.478 e. The Kier molecular flexibility index (Phi) is 3.58. The molecule has 2 nitrogen and oxygen atoms in total. The van der Waals surface area contributed by atoms with Crippen molar-refractivity contribution in [3.05, 3.63) is 11.6 Å². The molecule has 0 aromatic heterocycles. The molecule has 2 atom stereocenters. The quantitative estimate of drug-likeness (QED) is 0.708. The average molecular weight is 210 g/mol. The third kappa shape index (κ3) is 3.37. The van der Waals surface area contributed by atoms with E-state index in [1.54, 1.807) is 6.92 Å². The lowest BCUT2D eigenvalue weighted by molar-refractivity contribution is -0.132. The highest BCUT2D eigenvalue weighted by Gasteiger charge is 2.32. The van der Waals surface area contributed by atoms with Gasteiger partial charge in [0.15, 0.2) is 0 Å². The second-order valence-electron chi connectivity index (χ2n) is 5.79. The first-order chi connectivity index (χ1) is 6.80. The van der Waals surface area contributed by atoms with Gasteiger partial charge in [-0.1, -0.05) is 26.8 Å². The van der Waals surface area contributed by atoms with Crippen molar-refractivity contribution in [2.45, 2.75) is 47.0 Å². The molecule has 0 amide bonds. The highest BCUT2D eigenvalue weighted by molar-refractivity contribution is 5.85. The molecule has 0 heterocycles. The molecule has 2 unspecified atom stereocenters. The molecule has 1 N–H and O–H groups in total. The lowest BCUT2D eigenvalue weighted by Crippen LogP contribution is -2.17. The number of carboxylic acids is 1. The lowest BCUT2D eigenvalue weighted by atomic mass is 9.79. The Hall–Kier alpha value is -0.790. The summed E-state index contributed by atoms with van der Waals surface area (Å²) >= 11 is 0. The Morgan fingerprint density at radius 1 is 1.33 bits per heavy atom. The summed E-state index contributed by atoms with van der Waals surface area (Å²) in [7, 11) is 0. The van der Waals surface area contributed by atoms with Crippen LogP contribution in [0.4, 0.5) is 0 Å². The van der Waals surface area contributed by atoms with E-state index in [0.29, 0.717) is 16.9 Å². The fraction of sp³-hybridized carbons (Fsp3) is 0.769. The Bertz CT molecular complexity index is 271. The Balaban J connectivity index is 2.58. The molecule has 1 rings (SSSR count). The minimum atomic E-state index is -0.783. The highest BCUT2D eigenvalue weighted by Crippen LogP contribution is 2.42. The van der Waals surface area contributed by atoms with E-state index < -0.39 is 5.97 Å². The van der Waals surface area contributed by atoms with E-state index in [4.69, 9.17) is 5.11 Å². The van der Waals surface area contributed by atoms with E-state index in [1.165, 1.54) is 6.42 Å². The standard InChI is InChI=1S/C13H22O2/c1-9(12(14)15)7-10-5-6-11(8-10)13(2,3)4/h7,10-11H,5-6,8H2,1-4H3,(H,14,15). The number of hydrogen-bond donors (Lipinski definition) is 1. The largest absolute Gasteiger partial charge is 0.478 e. The van der Waals surface area contributed by atoms with E-state index in [-0.39, 0.29) is 0 Å². The van der Waals surface area contributed by atoms with Crippen LogP contribution in [0.25, 0.3) is 0 Å². The predicted molar refractivity (Wildman–Crippen MR) is 61.7 cm³/mol. The zero-order valence-corrected chi connectivity index (χ0v) is 10.2. The summed E-state index contributed by atoms with van der Waals surface area (Å²) in [4.78, 5) is 10.7. The zero-order valence-electron chi connectivity index (χ0n) is 10.2. The SMILES string of the molecule is CC(=CC1CCC(C(C)(C)C)C1)C(=O)O. The van der Waals surface area contributed by atoms with Crippen molar-refractivity contribution in [3.8, 4) is 0 Å². The summed E-state index contributed by atoms with van der Waals surface area (Å²) in [6, 6.07) is 0. The maximum Gasteiger partial charge on any atom is 0.330 e. The van der Waals surface area contributed by atoms with Crippen LogP contribution in [0.1, 0.15) is 47.0 Å². The van der Waals surface area contributed by atoms with Crippen molar-refractivity contribution in [2.24, 2.45) is 17.3 Å². The van der Waals surface area contributed by atoms with Crippen molar-refractivity contribution in [2.75, 3.05) is 0 Å². The van der Waals surface area contributed by atoms with Crippen LogP contribution in [-0.2, 0) is 4.79 Å². The summed E-state index contributed by atoms with van der Waals surface area (Å²) in [5, 5.41) is 8.80. The highest BCUT2D eigenvalue weighted by atomic mass is 16.4. The molecule has 1 fully saturated rings. The second-order valence-corrected chi connectivity index (χ2v) is 5.79. The summed E-state index contributed by atoms with van der Waals surface area (Å²) in [6.07, 6.45) is 5.46. The molecule has 0 aromatic rings. The number of allylic oxidation sites excluding steroid dienone is 1. The van der Waals surface area contributed by atoms with Gasteiger partial charge in [-0.3, -0.25) is 0 Å². The van der Waals surface area contributed by atoms with Gasteiger partial charge in [0.1, 0.15) is 0 Å². The van der Waals surface area contributed by atoms with Crippen LogP contribution in [0.5, 0.6) is 0 Å². The van der Waals surface area contributed by atoms with Gasteiger partial charge in [-0.2, -0.15) is 0 Å². The molecule has 2 heteroatoms. The maximum atomic E-state index is 10.7. The van der Waals surface area contributed by atoms with Crippen molar-refractivity contribution in [3.63, 3.8) is 0 Å². The number of rotatable bonds is 2. The summed E-state index contributed by atoms with van der Waals surface area (Å²) < 4.78 is 0. The van der Waals surface area contributed by atoms with Gasteiger partial charge in [0.2, 0.25) is 0 Å². The molecule has 0 spiro atoms. The van der Waals surface area contributed by atoms with E-state index in [2.05, 4.69) is 20.8 Å². The number of hydrogen-bond acceptors (Lipinski definition) is 1. The van der Waals surface area contributed by atoms with Gasteiger partial charge in [-0.25, -0.2) is 4.79 Å². The van der Waals surface area contributed by atoms with Crippen LogP contribution in [0.3, 0.4) is 0 Å². The van der Waals surface area contributed by atoms with Gasteiger partial charge < -0.3 is 5.11 Å². The summed E-state index contributed by atoms with van der Waals surface area (Å²) in [6.45, 7) is 8.50. The van der Waals surface area contributed by atoms with Gasteiger partial charge >= 0.3 is 5.97 Å². The molecule has 1 saturated carbocycles. The number of aliphatic carboxylic acids is 1. The molecular weight excluding hydrogens is 188 g/mol.